The third-order valence-electron chi connectivity index (χ3n) is 2.06. The molecule has 1 rings (SSSR count). The normalized spacial score (nSPS) is 13.6. The molecular weight excluding hydrogens is 204 g/mol. The molecule has 1 aromatic rings. The maximum absolute atomic E-state index is 11.9. The van der Waals surface area contributed by atoms with E-state index in [1.165, 1.54) is 11.8 Å². The minimum Gasteiger partial charge on any atom is -0.287 e. The fourth-order valence-electron chi connectivity index (χ4n) is 1.27. The van der Waals surface area contributed by atoms with Gasteiger partial charge >= 0.3 is 0 Å². The minimum atomic E-state index is -0.0181. The van der Waals surface area contributed by atoms with Crippen molar-refractivity contribution in [1.29, 1.82) is 0 Å². The summed E-state index contributed by atoms with van der Waals surface area (Å²) in [5, 5.41) is 0.244. The maximum atomic E-state index is 11.9. The Morgan fingerprint density at radius 2 is 1.73 bits per heavy atom. The highest BCUT2D eigenvalue weighted by Gasteiger charge is 2.22. The first-order valence-electron chi connectivity index (χ1n) is 5.18. The van der Waals surface area contributed by atoms with Crippen LogP contribution in [0.3, 0.4) is 0 Å². The van der Waals surface area contributed by atoms with Gasteiger partial charge in [0.25, 0.3) is 0 Å². The Morgan fingerprint density at radius 3 is 2.20 bits per heavy atom. The highest BCUT2D eigenvalue weighted by molar-refractivity contribution is 8.14. The van der Waals surface area contributed by atoms with E-state index in [9.17, 15) is 4.79 Å². The molecule has 0 aliphatic carbocycles. The third kappa shape index (κ3) is 4.08. The van der Waals surface area contributed by atoms with Crippen molar-refractivity contribution in [3.63, 3.8) is 0 Å². The summed E-state index contributed by atoms with van der Waals surface area (Å²) in [7, 11) is 0. The summed E-state index contributed by atoms with van der Waals surface area (Å²) in [4.78, 5) is 11.9. The SMILES string of the molecule is CC(C(=O)SC(C)(C)C)c1ccccc1. The lowest BCUT2D eigenvalue weighted by molar-refractivity contribution is -0.112. The van der Waals surface area contributed by atoms with Crippen molar-refractivity contribution in [2.75, 3.05) is 0 Å². The molecule has 0 heterocycles. The molecule has 0 saturated heterocycles. The summed E-state index contributed by atoms with van der Waals surface area (Å²) < 4.78 is 0.000123. The average molecular weight is 222 g/mol. The molecule has 0 aliphatic rings. The molecule has 0 bridgehead atoms. The quantitative estimate of drug-likeness (QED) is 0.756. The highest BCUT2D eigenvalue weighted by Crippen LogP contribution is 2.30. The molecule has 1 aromatic carbocycles. The largest absolute Gasteiger partial charge is 0.287 e. The van der Waals surface area contributed by atoms with Crippen molar-refractivity contribution in [3.05, 3.63) is 35.9 Å². The van der Waals surface area contributed by atoms with Gasteiger partial charge in [-0.15, -0.1) is 0 Å². The number of hydrogen-bond donors (Lipinski definition) is 0. The van der Waals surface area contributed by atoms with Crippen LogP contribution in [0.15, 0.2) is 30.3 Å². The van der Waals surface area contributed by atoms with Crippen LogP contribution in [0.2, 0.25) is 0 Å². The molecule has 15 heavy (non-hydrogen) atoms. The van der Waals surface area contributed by atoms with Gasteiger partial charge in [0.05, 0.1) is 5.92 Å². The predicted octanol–water partition coefficient (Wildman–Crippen LogP) is 3.85. The van der Waals surface area contributed by atoms with Gasteiger partial charge in [0.1, 0.15) is 0 Å². The first kappa shape index (κ1) is 12.3. The van der Waals surface area contributed by atoms with E-state index in [2.05, 4.69) is 20.8 Å². The van der Waals surface area contributed by atoms with Gasteiger partial charge in [0.15, 0.2) is 5.12 Å². The van der Waals surface area contributed by atoms with E-state index in [0.29, 0.717) is 0 Å². The van der Waals surface area contributed by atoms with E-state index < -0.39 is 0 Å². The average Bonchev–Trinajstić information content (AvgIpc) is 2.15. The molecule has 1 nitrogen and oxygen atoms in total. The third-order valence-corrected chi connectivity index (χ3v) is 3.23. The monoisotopic (exact) mass is 222 g/mol. The first-order chi connectivity index (χ1) is 6.90. The summed E-state index contributed by atoms with van der Waals surface area (Å²) in [5.41, 5.74) is 1.10. The van der Waals surface area contributed by atoms with Crippen LogP contribution in [-0.2, 0) is 4.79 Å². The maximum Gasteiger partial charge on any atom is 0.196 e. The van der Waals surface area contributed by atoms with Gasteiger partial charge in [-0.2, -0.15) is 0 Å². The fourth-order valence-corrected chi connectivity index (χ4v) is 2.18. The Morgan fingerprint density at radius 1 is 1.20 bits per heavy atom. The predicted molar refractivity (Wildman–Crippen MR) is 67.2 cm³/mol. The topological polar surface area (TPSA) is 17.1 Å². The Bertz CT molecular complexity index is 324. The van der Waals surface area contributed by atoms with E-state index in [1.54, 1.807) is 0 Å². The van der Waals surface area contributed by atoms with E-state index >= 15 is 0 Å². The number of rotatable bonds is 2. The molecule has 0 spiro atoms. The lowest BCUT2D eigenvalue weighted by atomic mass is 10.0. The van der Waals surface area contributed by atoms with Gasteiger partial charge in [-0.05, 0) is 5.56 Å². The molecule has 1 unspecified atom stereocenters. The van der Waals surface area contributed by atoms with E-state index in [1.807, 2.05) is 37.3 Å². The van der Waals surface area contributed by atoms with Crippen molar-refractivity contribution >= 4 is 16.9 Å². The second kappa shape index (κ2) is 4.84. The molecule has 1 atom stereocenters. The molecular formula is C13H18OS. The van der Waals surface area contributed by atoms with Crippen LogP contribution >= 0.6 is 11.8 Å². The molecule has 82 valence electrons. The number of hydrogen-bond acceptors (Lipinski definition) is 2. The summed E-state index contributed by atoms with van der Waals surface area (Å²) in [6.45, 7) is 8.16. The molecule has 0 amide bonds. The number of carbonyl (C=O) groups excluding carboxylic acids is 1. The molecule has 0 saturated carbocycles. The van der Waals surface area contributed by atoms with Gasteiger partial charge in [-0.1, -0.05) is 69.8 Å². The Hall–Kier alpha value is -0.760. The lowest BCUT2D eigenvalue weighted by Crippen LogP contribution is -2.15. The zero-order chi connectivity index (χ0) is 11.5. The Kier molecular flexibility index (Phi) is 3.97. The second-order valence-corrected chi connectivity index (χ2v) is 6.50. The van der Waals surface area contributed by atoms with Crippen molar-refractivity contribution in [3.8, 4) is 0 Å². The van der Waals surface area contributed by atoms with Crippen LogP contribution < -0.4 is 0 Å². The first-order valence-corrected chi connectivity index (χ1v) is 5.99. The van der Waals surface area contributed by atoms with Crippen molar-refractivity contribution < 1.29 is 4.79 Å². The molecule has 2 heteroatoms. The summed E-state index contributed by atoms with van der Waals surface area (Å²) >= 11 is 1.42. The number of carbonyl (C=O) groups is 1. The Balaban J connectivity index is 2.70. The van der Waals surface area contributed by atoms with E-state index in [-0.39, 0.29) is 15.8 Å². The van der Waals surface area contributed by atoms with Crippen molar-refractivity contribution in [2.24, 2.45) is 0 Å². The van der Waals surface area contributed by atoms with Gasteiger partial charge < -0.3 is 0 Å². The standard InChI is InChI=1S/C13H18OS/c1-10(11-8-6-5-7-9-11)12(14)15-13(2,3)4/h5-10H,1-4H3. The van der Waals surface area contributed by atoms with Gasteiger partial charge in [0, 0.05) is 4.75 Å². The molecule has 0 aromatic heterocycles. The molecule has 0 N–H and O–H groups in total. The van der Waals surface area contributed by atoms with Crippen LogP contribution in [0.4, 0.5) is 0 Å². The van der Waals surface area contributed by atoms with E-state index in [0.717, 1.165) is 5.56 Å². The smallest absolute Gasteiger partial charge is 0.196 e. The molecule has 0 aliphatic heterocycles. The fraction of sp³-hybridized carbons (Fsp3) is 0.462. The Labute approximate surface area is 96.3 Å². The van der Waals surface area contributed by atoms with Gasteiger partial charge in [-0.3, -0.25) is 4.79 Å². The van der Waals surface area contributed by atoms with E-state index in [4.69, 9.17) is 0 Å². The molecule has 0 fully saturated rings. The van der Waals surface area contributed by atoms with Crippen LogP contribution in [0.5, 0.6) is 0 Å². The second-order valence-electron chi connectivity index (χ2n) is 4.67. The summed E-state index contributed by atoms with van der Waals surface area (Å²) in [6.07, 6.45) is 0. The van der Waals surface area contributed by atoms with Gasteiger partial charge in [-0.25, -0.2) is 0 Å². The van der Waals surface area contributed by atoms with Crippen LogP contribution in [0, 0.1) is 0 Å². The van der Waals surface area contributed by atoms with Crippen molar-refractivity contribution in [2.45, 2.75) is 38.4 Å². The zero-order valence-corrected chi connectivity index (χ0v) is 10.6. The van der Waals surface area contributed by atoms with Crippen LogP contribution in [0.25, 0.3) is 0 Å². The van der Waals surface area contributed by atoms with Gasteiger partial charge in [0.2, 0.25) is 0 Å². The number of benzene rings is 1. The summed E-state index contributed by atoms with van der Waals surface area (Å²) in [6, 6.07) is 9.93. The molecule has 0 radical (unpaired) electrons. The number of thioether (sulfide) groups is 1. The van der Waals surface area contributed by atoms with Crippen LogP contribution in [-0.4, -0.2) is 9.86 Å². The zero-order valence-electron chi connectivity index (χ0n) is 9.78. The highest BCUT2D eigenvalue weighted by atomic mass is 32.2. The lowest BCUT2D eigenvalue weighted by Gasteiger charge is -2.19. The van der Waals surface area contributed by atoms with Crippen molar-refractivity contribution in [1.82, 2.24) is 0 Å². The van der Waals surface area contributed by atoms with Crippen LogP contribution in [0.1, 0.15) is 39.2 Å². The minimum absolute atomic E-state index is 0.000123. The summed E-state index contributed by atoms with van der Waals surface area (Å²) in [5.74, 6) is -0.0181.